The molecular weight excluding hydrogens is 291 g/mol. The van der Waals surface area contributed by atoms with Crippen molar-refractivity contribution in [2.45, 2.75) is 12.2 Å². The molecule has 0 amide bonds. The van der Waals surface area contributed by atoms with Crippen LogP contribution in [0.2, 0.25) is 0 Å². The zero-order valence-electron chi connectivity index (χ0n) is 10.8. The van der Waals surface area contributed by atoms with Gasteiger partial charge in [0.05, 0.1) is 16.7 Å². The molecule has 0 saturated heterocycles. The fraction of sp³-hybridized carbons (Fsp3) is 0.364. The van der Waals surface area contributed by atoms with Crippen molar-refractivity contribution in [2.24, 2.45) is 0 Å². The Morgan fingerprint density at radius 3 is 2.65 bits per heavy atom. The second-order valence-electron chi connectivity index (χ2n) is 4.10. The highest BCUT2D eigenvalue weighted by atomic mass is 32.2. The molecule has 0 spiro atoms. The Morgan fingerprint density at radius 2 is 2.20 bits per heavy atom. The van der Waals surface area contributed by atoms with Gasteiger partial charge in [-0.1, -0.05) is 0 Å². The molecule has 0 fully saturated rings. The van der Waals surface area contributed by atoms with Gasteiger partial charge in [-0.15, -0.1) is 0 Å². The molecule has 0 heterocycles. The van der Waals surface area contributed by atoms with Gasteiger partial charge in [-0.25, -0.2) is 9.18 Å². The number of carboxylic acids is 1. The Balaban J connectivity index is 3.10. The molecule has 20 heavy (non-hydrogen) atoms. The standard InChI is InChI=1S/C11H13FN2O5S/c1-6(20(2)19)5-13-9-3-7(11(15)16)10(14(17)18)4-8(9)12/h3-4,6,13H,5H2,1-2H3,(H,15,16). The first-order valence-corrected chi connectivity index (χ1v) is 7.13. The van der Waals surface area contributed by atoms with Gasteiger partial charge < -0.3 is 10.4 Å². The van der Waals surface area contributed by atoms with E-state index in [1.165, 1.54) is 6.26 Å². The summed E-state index contributed by atoms with van der Waals surface area (Å²) in [4.78, 5) is 20.6. The molecule has 1 rings (SSSR count). The summed E-state index contributed by atoms with van der Waals surface area (Å²) in [6, 6.07) is 1.42. The van der Waals surface area contributed by atoms with Gasteiger partial charge >= 0.3 is 5.97 Å². The molecule has 2 atom stereocenters. The van der Waals surface area contributed by atoms with Gasteiger partial charge in [-0.2, -0.15) is 0 Å². The van der Waals surface area contributed by atoms with Crippen LogP contribution in [-0.4, -0.2) is 38.3 Å². The van der Waals surface area contributed by atoms with Gasteiger partial charge in [0.15, 0.2) is 5.82 Å². The first-order chi connectivity index (χ1) is 9.23. The summed E-state index contributed by atoms with van der Waals surface area (Å²) < 4.78 is 24.8. The molecule has 110 valence electrons. The van der Waals surface area contributed by atoms with Crippen LogP contribution < -0.4 is 5.32 Å². The Kier molecular flexibility index (Phi) is 5.14. The Hall–Kier alpha value is -2.03. The second kappa shape index (κ2) is 6.42. The molecular formula is C11H13FN2O5S. The number of hydrogen-bond donors (Lipinski definition) is 2. The van der Waals surface area contributed by atoms with E-state index in [1.54, 1.807) is 6.92 Å². The van der Waals surface area contributed by atoms with E-state index in [9.17, 15) is 23.5 Å². The maximum atomic E-state index is 13.7. The van der Waals surface area contributed by atoms with Crippen LogP contribution in [0, 0.1) is 15.9 Å². The van der Waals surface area contributed by atoms with Crippen LogP contribution in [0.25, 0.3) is 0 Å². The van der Waals surface area contributed by atoms with Crippen LogP contribution in [0.4, 0.5) is 15.8 Å². The van der Waals surface area contributed by atoms with Crippen LogP contribution in [0.15, 0.2) is 12.1 Å². The summed E-state index contributed by atoms with van der Waals surface area (Å²) in [7, 11) is -1.13. The van der Waals surface area contributed by atoms with E-state index in [-0.39, 0.29) is 17.5 Å². The fourth-order valence-corrected chi connectivity index (χ4v) is 1.71. The lowest BCUT2D eigenvalue weighted by Gasteiger charge is -2.12. The van der Waals surface area contributed by atoms with E-state index >= 15 is 0 Å². The number of nitrogens with zero attached hydrogens (tertiary/aromatic N) is 1. The summed E-state index contributed by atoms with van der Waals surface area (Å²) in [6.07, 6.45) is 1.49. The lowest BCUT2D eigenvalue weighted by Crippen LogP contribution is -2.21. The molecule has 0 aliphatic carbocycles. The average molecular weight is 304 g/mol. The van der Waals surface area contributed by atoms with Gasteiger partial charge in [0.1, 0.15) is 5.56 Å². The molecule has 7 nitrogen and oxygen atoms in total. The molecule has 0 aliphatic heterocycles. The maximum absolute atomic E-state index is 13.7. The summed E-state index contributed by atoms with van der Waals surface area (Å²) in [6.45, 7) is 1.82. The summed E-state index contributed by atoms with van der Waals surface area (Å²) in [5.41, 5.74) is -1.60. The van der Waals surface area contributed by atoms with E-state index < -0.39 is 38.8 Å². The lowest BCUT2D eigenvalue weighted by molar-refractivity contribution is -0.385. The molecule has 2 N–H and O–H groups in total. The minimum absolute atomic E-state index is 0.150. The van der Waals surface area contributed by atoms with Gasteiger partial charge in [-0.3, -0.25) is 14.3 Å². The van der Waals surface area contributed by atoms with Crippen molar-refractivity contribution < 1.29 is 23.4 Å². The van der Waals surface area contributed by atoms with E-state index in [0.717, 1.165) is 6.07 Å². The normalized spacial score (nSPS) is 13.6. The van der Waals surface area contributed by atoms with Gasteiger partial charge in [-0.05, 0) is 13.0 Å². The number of benzene rings is 1. The third-order valence-electron chi connectivity index (χ3n) is 2.66. The molecule has 0 aromatic heterocycles. The van der Waals surface area contributed by atoms with Crippen molar-refractivity contribution in [3.63, 3.8) is 0 Å². The molecule has 9 heteroatoms. The number of anilines is 1. The molecule has 1 aromatic carbocycles. The minimum atomic E-state index is -1.52. The third-order valence-corrected chi connectivity index (χ3v) is 3.96. The molecule has 1 aromatic rings. The van der Waals surface area contributed by atoms with Crippen LogP contribution in [0.5, 0.6) is 0 Å². The highest BCUT2D eigenvalue weighted by molar-refractivity contribution is 7.84. The van der Waals surface area contributed by atoms with E-state index in [4.69, 9.17) is 5.11 Å². The zero-order chi connectivity index (χ0) is 15.4. The zero-order valence-corrected chi connectivity index (χ0v) is 11.6. The summed E-state index contributed by atoms with van der Waals surface area (Å²) >= 11 is 0. The Bertz CT molecular complexity index is 578. The smallest absolute Gasteiger partial charge is 0.342 e. The molecule has 0 bridgehead atoms. The number of nitrogens with one attached hydrogen (secondary N) is 1. The van der Waals surface area contributed by atoms with Gasteiger partial charge in [0.25, 0.3) is 5.69 Å². The van der Waals surface area contributed by atoms with Crippen LogP contribution in [0.3, 0.4) is 0 Å². The third kappa shape index (κ3) is 3.73. The van der Waals surface area contributed by atoms with Crippen LogP contribution in [-0.2, 0) is 10.8 Å². The van der Waals surface area contributed by atoms with Crippen molar-refractivity contribution in [1.29, 1.82) is 0 Å². The monoisotopic (exact) mass is 304 g/mol. The number of hydrogen-bond acceptors (Lipinski definition) is 5. The number of rotatable bonds is 6. The Labute approximate surface area is 116 Å². The maximum Gasteiger partial charge on any atom is 0.342 e. The number of nitro benzene ring substituents is 1. The van der Waals surface area contributed by atoms with Crippen molar-refractivity contribution in [2.75, 3.05) is 18.1 Å². The van der Waals surface area contributed by atoms with E-state index in [1.807, 2.05) is 0 Å². The topological polar surface area (TPSA) is 110 Å². The first kappa shape index (κ1) is 16.0. The van der Waals surface area contributed by atoms with Crippen LogP contribution >= 0.6 is 0 Å². The van der Waals surface area contributed by atoms with Crippen LogP contribution in [0.1, 0.15) is 17.3 Å². The molecule has 0 aliphatic rings. The van der Waals surface area contributed by atoms with E-state index in [0.29, 0.717) is 6.07 Å². The van der Waals surface area contributed by atoms with Crippen molar-refractivity contribution >= 4 is 28.1 Å². The summed E-state index contributed by atoms with van der Waals surface area (Å²) in [5, 5.41) is 21.9. The van der Waals surface area contributed by atoms with Crippen molar-refractivity contribution in [3.05, 3.63) is 33.6 Å². The SMILES string of the molecule is CC(CNc1cc(C(=O)O)c([N+](=O)[O-])cc1F)S(C)=O. The van der Waals surface area contributed by atoms with Gasteiger partial charge in [0.2, 0.25) is 0 Å². The quantitative estimate of drug-likeness (QED) is 0.610. The largest absolute Gasteiger partial charge is 0.477 e. The molecule has 0 saturated carbocycles. The minimum Gasteiger partial charge on any atom is -0.477 e. The number of carbonyl (C=O) groups is 1. The number of halogens is 1. The fourth-order valence-electron chi connectivity index (χ4n) is 1.39. The van der Waals surface area contributed by atoms with E-state index in [2.05, 4.69) is 5.32 Å². The van der Waals surface area contributed by atoms with Crippen molar-refractivity contribution in [3.8, 4) is 0 Å². The predicted molar refractivity (Wildman–Crippen MR) is 72.0 cm³/mol. The highest BCUT2D eigenvalue weighted by Gasteiger charge is 2.23. The first-order valence-electron chi connectivity index (χ1n) is 5.51. The number of aromatic carboxylic acids is 1. The molecule has 0 radical (unpaired) electrons. The van der Waals surface area contributed by atoms with Gasteiger partial charge in [0, 0.05) is 28.9 Å². The predicted octanol–water partition coefficient (Wildman–Crippen LogP) is 1.61. The number of nitro groups is 1. The lowest BCUT2D eigenvalue weighted by atomic mass is 10.1. The Morgan fingerprint density at radius 1 is 1.60 bits per heavy atom. The summed E-state index contributed by atoms with van der Waals surface area (Å²) in [5.74, 6) is -2.46. The average Bonchev–Trinajstić information content (AvgIpc) is 2.35. The molecule has 2 unspecified atom stereocenters. The number of carboxylic acid groups (broad SMARTS) is 1. The highest BCUT2D eigenvalue weighted by Crippen LogP contribution is 2.26. The second-order valence-corrected chi connectivity index (χ2v) is 5.90. The van der Waals surface area contributed by atoms with Crippen molar-refractivity contribution in [1.82, 2.24) is 0 Å².